The molecule has 4 aromatic carbocycles. The van der Waals surface area contributed by atoms with Crippen LogP contribution < -0.4 is 29.8 Å². The molecule has 0 radical (unpaired) electrons. The van der Waals surface area contributed by atoms with E-state index < -0.39 is 54.3 Å². The molecule has 55 heavy (non-hydrogen) atoms. The number of nitro benzene ring substituents is 4. The molecular formula is C32H26N8O14S. The zero-order valence-electron chi connectivity index (χ0n) is 28.3. The number of carbonyl (C=O) groups excluding carboxylic acids is 2. The van der Waals surface area contributed by atoms with E-state index in [4.69, 9.17) is 18.9 Å². The molecule has 23 heteroatoms. The number of hydrazone groups is 2. The lowest BCUT2D eigenvalue weighted by atomic mass is 10.2. The predicted octanol–water partition coefficient (Wildman–Crippen LogP) is 5.25. The summed E-state index contributed by atoms with van der Waals surface area (Å²) in [4.78, 5) is 66.1. The highest BCUT2D eigenvalue weighted by Gasteiger charge is 2.24. The Balaban J connectivity index is 1.24. The van der Waals surface area contributed by atoms with Gasteiger partial charge in [0.2, 0.25) is 23.3 Å². The molecule has 0 atom stereocenters. The van der Waals surface area contributed by atoms with Crippen molar-refractivity contribution in [3.8, 4) is 34.5 Å². The van der Waals surface area contributed by atoms with Crippen LogP contribution in [0, 0.1) is 40.5 Å². The minimum absolute atomic E-state index is 0.0683. The number of benzene rings is 4. The Morgan fingerprint density at radius 2 is 0.964 bits per heavy atom. The Hall–Kier alpha value is -7.69. The summed E-state index contributed by atoms with van der Waals surface area (Å²) >= 11 is 0.975. The molecular weight excluding hydrogens is 752 g/mol. The van der Waals surface area contributed by atoms with Crippen molar-refractivity contribution in [3.63, 3.8) is 0 Å². The highest BCUT2D eigenvalue weighted by atomic mass is 32.2. The fourth-order valence-corrected chi connectivity index (χ4v) is 4.89. The molecule has 22 nitrogen and oxygen atoms in total. The molecule has 0 aliphatic heterocycles. The largest absolute Gasteiger partial charge is 0.493 e. The van der Waals surface area contributed by atoms with Crippen LogP contribution >= 0.6 is 11.8 Å². The number of nitrogens with one attached hydrogen (secondary N) is 2. The van der Waals surface area contributed by atoms with Crippen molar-refractivity contribution >= 4 is 58.8 Å². The maximum Gasteiger partial charge on any atom is 0.318 e. The summed E-state index contributed by atoms with van der Waals surface area (Å²) in [5.41, 5.74) is 3.30. The number of thioether (sulfide) groups is 1. The fourth-order valence-electron chi connectivity index (χ4n) is 4.29. The van der Waals surface area contributed by atoms with Gasteiger partial charge in [0.05, 0.1) is 70.0 Å². The highest BCUT2D eigenvalue weighted by molar-refractivity contribution is 8.00. The Kier molecular flexibility index (Phi) is 13.6. The minimum atomic E-state index is -0.815. The molecule has 284 valence electrons. The molecule has 2 N–H and O–H groups in total. The van der Waals surface area contributed by atoms with E-state index in [0.29, 0.717) is 11.1 Å². The standard InChI is InChI=1S/C32H26N8O14S/c1-51-29-11-19(3-7-27(29)53-25-9-5-21(37(43)44)13-23(25)39(47)48)15-33-35-31(41)17-55-18-32(42)36-34-16-20-4-8-28(30(12-20)52-2)54-26-10-6-22(38(45)46)14-24(26)40(49)50/h3-16H,17-18H2,1-2H3,(H,35,41)(H,36,42). The van der Waals surface area contributed by atoms with Crippen molar-refractivity contribution in [2.24, 2.45) is 10.2 Å². The van der Waals surface area contributed by atoms with E-state index in [1.807, 2.05) is 0 Å². The van der Waals surface area contributed by atoms with Gasteiger partial charge in [-0.3, -0.25) is 50.0 Å². The van der Waals surface area contributed by atoms with Gasteiger partial charge in [-0.15, -0.1) is 11.8 Å². The molecule has 4 rings (SSSR count). The van der Waals surface area contributed by atoms with Crippen LogP contribution in [-0.2, 0) is 9.59 Å². The van der Waals surface area contributed by atoms with E-state index in [1.54, 1.807) is 0 Å². The van der Waals surface area contributed by atoms with Crippen LogP contribution in [0.5, 0.6) is 34.5 Å². The molecule has 0 spiro atoms. The third kappa shape index (κ3) is 11.1. The second-order valence-electron chi connectivity index (χ2n) is 10.4. The van der Waals surface area contributed by atoms with Crippen LogP contribution in [0.25, 0.3) is 0 Å². The summed E-state index contributed by atoms with van der Waals surface area (Å²) in [5, 5.41) is 52.5. The van der Waals surface area contributed by atoms with Gasteiger partial charge in [-0.25, -0.2) is 10.9 Å². The van der Waals surface area contributed by atoms with Crippen LogP contribution in [-0.4, -0.2) is 69.7 Å². The number of hydrogen-bond donors (Lipinski definition) is 2. The first-order chi connectivity index (χ1) is 26.3. The number of amides is 2. The van der Waals surface area contributed by atoms with Crippen LogP contribution in [0.15, 0.2) is 83.0 Å². The van der Waals surface area contributed by atoms with Crippen molar-refractivity contribution in [1.82, 2.24) is 10.9 Å². The monoisotopic (exact) mass is 778 g/mol. The van der Waals surface area contributed by atoms with Gasteiger partial charge in [0.1, 0.15) is 0 Å². The van der Waals surface area contributed by atoms with Gasteiger partial charge in [0.15, 0.2) is 23.0 Å². The summed E-state index contributed by atoms with van der Waals surface area (Å²) in [5.74, 6) is -1.40. The number of methoxy groups -OCH3 is 2. The number of nitro groups is 4. The van der Waals surface area contributed by atoms with E-state index in [1.165, 1.54) is 63.0 Å². The summed E-state index contributed by atoms with van der Waals surface area (Å²) < 4.78 is 21.8. The summed E-state index contributed by atoms with van der Waals surface area (Å²) in [6, 6.07) is 14.7. The normalized spacial score (nSPS) is 10.8. The Labute approximate surface area is 312 Å². The maximum absolute atomic E-state index is 12.2. The van der Waals surface area contributed by atoms with Gasteiger partial charge in [-0.2, -0.15) is 10.2 Å². The zero-order chi connectivity index (χ0) is 40.1. The molecule has 4 aromatic rings. The molecule has 2 amide bonds. The van der Waals surface area contributed by atoms with E-state index in [0.717, 1.165) is 48.2 Å². The Morgan fingerprint density at radius 1 is 0.582 bits per heavy atom. The molecule has 0 fully saturated rings. The second-order valence-corrected chi connectivity index (χ2v) is 11.4. The summed E-state index contributed by atoms with van der Waals surface area (Å²) in [7, 11) is 2.65. The molecule has 0 aliphatic rings. The van der Waals surface area contributed by atoms with E-state index in [-0.39, 0.29) is 46.0 Å². The second kappa shape index (κ2) is 18.7. The predicted molar refractivity (Wildman–Crippen MR) is 194 cm³/mol. The van der Waals surface area contributed by atoms with Gasteiger partial charge < -0.3 is 18.9 Å². The Morgan fingerprint density at radius 3 is 1.31 bits per heavy atom. The SMILES string of the molecule is COc1cc(C=NNC(=O)CSCC(=O)NN=Cc2ccc(Oc3ccc([N+](=O)[O-])cc3[N+](=O)[O-])c(OC)c2)ccc1Oc1ccc([N+](=O)[O-])cc1[N+](=O)[O-]. The van der Waals surface area contributed by atoms with Gasteiger partial charge >= 0.3 is 11.4 Å². The maximum atomic E-state index is 12.2. The quantitative estimate of drug-likeness (QED) is 0.0740. The number of non-ortho nitro benzene ring substituents is 2. The molecule has 0 aliphatic carbocycles. The number of carbonyl (C=O) groups is 2. The van der Waals surface area contributed by atoms with Crippen molar-refractivity contribution in [3.05, 3.63) is 124 Å². The van der Waals surface area contributed by atoms with Crippen molar-refractivity contribution in [1.29, 1.82) is 0 Å². The molecule has 0 saturated carbocycles. The third-order valence-electron chi connectivity index (χ3n) is 6.79. The lowest BCUT2D eigenvalue weighted by Crippen LogP contribution is -2.23. The van der Waals surface area contributed by atoms with Gasteiger partial charge in [-0.1, -0.05) is 0 Å². The fraction of sp³-hybridized carbons (Fsp3) is 0.125. The average molecular weight is 779 g/mol. The van der Waals surface area contributed by atoms with Gasteiger partial charge in [0.25, 0.3) is 11.4 Å². The van der Waals surface area contributed by atoms with Crippen LogP contribution in [0.3, 0.4) is 0 Å². The van der Waals surface area contributed by atoms with Crippen molar-refractivity contribution < 1.29 is 48.2 Å². The number of ether oxygens (including phenoxy) is 4. The first-order valence-corrected chi connectivity index (χ1v) is 16.2. The van der Waals surface area contributed by atoms with Gasteiger partial charge in [0, 0.05) is 12.1 Å². The number of nitrogens with zero attached hydrogens (tertiary/aromatic N) is 6. The highest BCUT2D eigenvalue weighted by Crippen LogP contribution is 2.39. The lowest BCUT2D eigenvalue weighted by molar-refractivity contribution is -0.394. The summed E-state index contributed by atoms with van der Waals surface area (Å²) in [6.45, 7) is 0. The van der Waals surface area contributed by atoms with Crippen molar-refractivity contribution in [2.45, 2.75) is 0 Å². The van der Waals surface area contributed by atoms with Gasteiger partial charge in [-0.05, 0) is 59.7 Å². The van der Waals surface area contributed by atoms with Crippen LogP contribution in [0.2, 0.25) is 0 Å². The minimum Gasteiger partial charge on any atom is -0.493 e. The van der Waals surface area contributed by atoms with E-state index in [2.05, 4.69) is 21.1 Å². The smallest absolute Gasteiger partial charge is 0.318 e. The zero-order valence-corrected chi connectivity index (χ0v) is 29.1. The molecule has 0 saturated heterocycles. The van der Waals surface area contributed by atoms with Crippen LogP contribution in [0.4, 0.5) is 22.7 Å². The van der Waals surface area contributed by atoms with Crippen molar-refractivity contribution in [2.75, 3.05) is 25.7 Å². The Bertz CT molecular complexity index is 2060. The summed E-state index contributed by atoms with van der Waals surface area (Å²) in [6.07, 6.45) is 2.58. The number of rotatable bonds is 18. The molecule has 0 heterocycles. The first kappa shape index (κ1) is 40.1. The van der Waals surface area contributed by atoms with E-state index in [9.17, 15) is 50.0 Å². The molecule has 0 aromatic heterocycles. The average Bonchev–Trinajstić information content (AvgIpc) is 3.15. The van der Waals surface area contributed by atoms with Crippen LogP contribution in [0.1, 0.15) is 11.1 Å². The number of hydrogen-bond acceptors (Lipinski definition) is 17. The molecule has 0 bridgehead atoms. The molecule has 0 unspecified atom stereocenters. The lowest BCUT2D eigenvalue weighted by Gasteiger charge is -2.11. The third-order valence-corrected chi connectivity index (χ3v) is 7.72. The first-order valence-electron chi connectivity index (χ1n) is 15.1. The topological polar surface area (TPSA) is 292 Å². The van der Waals surface area contributed by atoms with E-state index >= 15 is 0 Å².